The normalized spacial score (nSPS) is 11.9. The fourth-order valence-corrected chi connectivity index (χ4v) is 0.730. The minimum absolute atomic E-state index is 0.113. The molecule has 0 saturated carbocycles. The number of carbonyl (C=O) groups is 2. The highest BCUT2D eigenvalue weighted by molar-refractivity contribution is 5.81. The van der Waals surface area contributed by atoms with Crippen molar-refractivity contribution < 1.29 is 19.2 Å². The van der Waals surface area contributed by atoms with Crippen LogP contribution >= 0.6 is 0 Å². The minimum atomic E-state index is -0.658. The summed E-state index contributed by atoms with van der Waals surface area (Å²) in [6.07, 6.45) is 0.0610. The molecule has 104 valence electrons. The first-order valence-corrected chi connectivity index (χ1v) is 5.93. The summed E-state index contributed by atoms with van der Waals surface area (Å²) in [6, 6.07) is 0. The molecule has 6 heteroatoms. The lowest BCUT2D eigenvalue weighted by Crippen LogP contribution is -2.30. The number of hydrogen-bond acceptors (Lipinski definition) is 5. The SMILES string of the molecule is CC/C(C)=N/OC(=O)NCCOC(=O)C(C)(C)C. The zero-order valence-electron chi connectivity index (χ0n) is 11.7. The fourth-order valence-electron chi connectivity index (χ4n) is 0.730. The molecule has 6 nitrogen and oxygen atoms in total. The van der Waals surface area contributed by atoms with Crippen molar-refractivity contribution in [2.75, 3.05) is 13.2 Å². The largest absolute Gasteiger partial charge is 0.463 e. The third-order valence-electron chi connectivity index (χ3n) is 2.01. The number of nitrogens with one attached hydrogen (secondary N) is 1. The van der Waals surface area contributed by atoms with Crippen LogP contribution in [-0.4, -0.2) is 30.9 Å². The molecule has 0 aromatic carbocycles. The minimum Gasteiger partial charge on any atom is -0.463 e. The zero-order valence-corrected chi connectivity index (χ0v) is 11.7. The second kappa shape index (κ2) is 7.68. The van der Waals surface area contributed by atoms with Crippen LogP contribution in [0.1, 0.15) is 41.0 Å². The van der Waals surface area contributed by atoms with E-state index in [2.05, 4.69) is 15.3 Å². The Labute approximate surface area is 108 Å². The van der Waals surface area contributed by atoms with Gasteiger partial charge in [-0.25, -0.2) is 4.79 Å². The Balaban J connectivity index is 3.74. The maximum Gasteiger partial charge on any atom is 0.433 e. The van der Waals surface area contributed by atoms with Crippen molar-refractivity contribution >= 4 is 17.8 Å². The molecule has 0 rings (SSSR count). The number of oxime groups is 1. The molecule has 0 bridgehead atoms. The summed E-state index contributed by atoms with van der Waals surface area (Å²) in [5, 5.41) is 6.02. The molecule has 0 saturated heterocycles. The Kier molecular flexibility index (Phi) is 7.00. The lowest BCUT2D eigenvalue weighted by atomic mass is 9.97. The van der Waals surface area contributed by atoms with Crippen molar-refractivity contribution in [3.05, 3.63) is 0 Å². The molecule has 0 radical (unpaired) electrons. The molecule has 1 N–H and O–H groups in total. The summed E-state index contributed by atoms with van der Waals surface area (Å²) in [7, 11) is 0. The van der Waals surface area contributed by atoms with Crippen molar-refractivity contribution in [1.29, 1.82) is 0 Å². The molecule has 0 spiro atoms. The van der Waals surface area contributed by atoms with E-state index < -0.39 is 11.5 Å². The molecule has 0 aromatic heterocycles. The summed E-state index contributed by atoms with van der Waals surface area (Å²) in [5.41, 5.74) is 0.188. The summed E-state index contributed by atoms with van der Waals surface area (Å²) in [4.78, 5) is 27.1. The van der Waals surface area contributed by atoms with Gasteiger partial charge in [0.05, 0.1) is 17.7 Å². The van der Waals surface area contributed by atoms with Gasteiger partial charge in [0, 0.05) is 0 Å². The van der Waals surface area contributed by atoms with Crippen LogP contribution in [0.5, 0.6) is 0 Å². The van der Waals surface area contributed by atoms with Crippen molar-refractivity contribution in [2.45, 2.75) is 41.0 Å². The first-order valence-electron chi connectivity index (χ1n) is 5.93. The molecule has 0 atom stereocenters. The molecule has 0 heterocycles. The molecular weight excluding hydrogens is 236 g/mol. The van der Waals surface area contributed by atoms with E-state index in [1.807, 2.05) is 6.92 Å². The van der Waals surface area contributed by atoms with Gasteiger partial charge < -0.3 is 10.1 Å². The van der Waals surface area contributed by atoms with Crippen molar-refractivity contribution in [1.82, 2.24) is 5.32 Å². The Hall–Kier alpha value is -1.59. The Bertz CT molecular complexity index is 319. The summed E-state index contributed by atoms with van der Waals surface area (Å²) in [6.45, 7) is 9.27. The van der Waals surface area contributed by atoms with Crippen molar-refractivity contribution in [3.8, 4) is 0 Å². The monoisotopic (exact) mass is 258 g/mol. The number of hydrogen-bond donors (Lipinski definition) is 1. The smallest absolute Gasteiger partial charge is 0.433 e. The highest BCUT2D eigenvalue weighted by Gasteiger charge is 2.22. The first-order chi connectivity index (χ1) is 8.27. The first kappa shape index (κ1) is 16.4. The van der Waals surface area contributed by atoms with Crippen LogP contribution in [0.15, 0.2) is 5.16 Å². The number of amides is 1. The van der Waals surface area contributed by atoms with Crippen molar-refractivity contribution in [3.63, 3.8) is 0 Å². The van der Waals surface area contributed by atoms with E-state index in [1.165, 1.54) is 0 Å². The van der Waals surface area contributed by atoms with Crippen LogP contribution < -0.4 is 5.32 Å². The third-order valence-corrected chi connectivity index (χ3v) is 2.01. The van der Waals surface area contributed by atoms with E-state index in [9.17, 15) is 9.59 Å². The quantitative estimate of drug-likeness (QED) is 0.269. The van der Waals surface area contributed by atoms with E-state index in [4.69, 9.17) is 4.74 Å². The van der Waals surface area contributed by atoms with Gasteiger partial charge >= 0.3 is 12.1 Å². The molecule has 1 amide bonds. The van der Waals surface area contributed by atoms with Gasteiger partial charge in [-0.3, -0.25) is 9.63 Å². The average molecular weight is 258 g/mol. The van der Waals surface area contributed by atoms with E-state index in [1.54, 1.807) is 27.7 Å². The predicted octanol–water partition coefficient (Wildman–Crippen LogP) is 2.09. The van der Waals surface area contributed by atoms with E-state index in [0.717, 1.165) is 12.1 Å². The van der Waals surface area contributed by atoms with Crippen LogP contribution in [0.3, 0.4) is 0 Å². The fraction of sp³-hybridized carbons (Fsp3) is 0.750. The van der Waals surface area contributed by atoms with E-state index in [0.29, 0.717) is 0 Å². The maximum atomic E-state index is 11.4. The molecule has 0 unspecified atom stereocenters. The second-order valence-electron chi connectivity index (χ2n) is 4.87. The molecule has 0 aliphatic rings. The van der Waals surface area contributed by atoms with Crippen LogP contribution in [0.4, 0.5) is 4.79 Å². The van der Waals surface area contributed by atoms with Crippen molar-refractivity contribution in [2.24, 2.45) is 10.6 Å². The number of carbonyl (C=O) groups excluding carboxylic acids is 2. The third kappa shape index (κ3) is 7.65. The predicted molar refractivity (Wildman–Crippen MR) is 68.3 cm³/mol. The van der Waals surface area contributed by atoms with Crippen LogP contribution in [0.2, 0.25) is 0 Å². The van der Waals surface area contributed by atoms with Gasteiger partial charge in [0.1, 0.15) is 6.61 Å². The van der Waals surface area contributed by atoms with Crippen LogP contribution in [0, 0.1) is 5.41 Å². The topological polar surface area (TPSA) is 77.0 Å². The Morgan fingerprint density at radius 1 is 1.28 bits per heavy atom. The van der Waals surface area contributed by atoms with Crippen LogP contribution in [0.25, 0.3) is 0 Å². The molecule has 0 aliphatic carbocycles. The van der Waals surface area contributed by atoms with Gasteiger partial charge in [0.25, 0.3) is 0 Å². The maximum absolute atomic E-state index is 11.4. The lowest BCUT2D eigenvalue weighted by molar-refractivity contribution is -0.152. The number of esters is 1. The summed E-state index contributed by atoms with van der Waals surface area (Å²) in [5.74, 6) is -0.308. The second-order valence-corrected chi connectivity index (χ2v) is 4.87. The lowest BCUT2D eigenvalue weighted by Gasteiger charge is -2.16. The van der Waals surface area contributed by atoms with Gasteiger partial charge in [-0.2, -0.15) is 0 Å². The zero-order chi connectivity index (χ0) is 14.2. The average Bonchev–Trinajstić information content (AvgIpc) is 2.29. The molecule has 0 aliphatic heterocycles. The Morgan fingerprint density at radius 2 is 1.89 bits per heavy atom. The van der Waals surface area contributed by atoms with E-state index >= 15 is 0 Å². The summed E-state index contributed by atoms with van der Waals surface area (Å²) >= 11 is 0. The molecule has 0 aromatic rings. The summed E-state index contributed by atoms with van der Waals surface area (Å²) < 4.78 is 4.96. The number of rotatable bonds is 5. The highest BCUT2D eigenvalue weighted by atomic mass is 16.7. The van der Waals surface area contributed by atoms with Crippen LogP contribution in [-0.2, 0) is 14.4 Å². The molecule has 18 heavy (non-hydrogen) atoms. The molecule has 0 fully saturated rings. The van der Waals surface area contributed by atoms with Gasteiger partial charge in [0.15, 0.2) is 0 Å². The van der Waals surface area contributed by atoms with Gasteiger partial charge in [0.2, 0.25) is 0 Å². The van der Waals surface area contributed by atoms with Gasteiger partial charge in [-0.1, -0.05) is 12.1 Å². The van der Waals surface area contributed by atoms with Gasteiger partial charge in [-0.05, 0) is 34.1 Å². The standard InChI is InChI=1S/C12H22N2O4/c1-6-9(2)14-18-11(16)13-7-8-17-10(15)12(3,4)5/h6-8H2,1-5H3,(H,13,16)/b14-9+. The highest BCUT2D eigenvalue weighted by Crippen LogP contribution is 2.14. The molecular formula is C12H22N2O4. The van der Waals surface area contributed by atoms with Gasteiger partial charge in [-0.15, -0.1) is 0 Å². The number of nitrogens with zero attached hydrogens (tertiary/aromatic N) is 1. The Morgan fingerprint density at radius 3 is 2.39 bits per heavy atom. The van der Waals surface area contributed by atoms with E-state index in [-0.39, 0.29) is 19.1 Å². The number of ether oxygens (including phenoxy) is 1.